The minimum absolute atomic E-state index is 0. The summed E-state index contributed by atoms with van der Waals surface area (Å²) >= 11 is 0. The molecule has 1 aliphatic heterocycles. The number of likely N-dealkylation sites (N-methyl/N-ethyl adjacent to an activating group) is 1. The van der Waals surface area contributed by atoms with Gasteiger partial charge in [0, 0.05) is 43.7 Å². The molecule has 0 spiro atoms. The maximum atomic E-state index is 9.35. The van der Waals surface area contributed by atoms with E-state index in [2.05, 4.69) is 54.2 Å². The van der Waals surface area contributed by atoms with E-state index in [1.165, 1.54) is 5.56 Å². The number of benzene rings is 1. The van der Waals surface area contributed by atoms with Crippen LogP contribution < -0.4 is 15.1 Å². The largest absolute Gasteiger partial charge is 0.446 e. The molecule has 1 aromatic carbocycles. The average molecular weight is 518 g/mol. The van der Waals surface area contributed by atoms with Crippen molar-refractivity contribution in [3.05, 3.63) is 58.5 Å². The molecule has 7 nitrogen and oxygen atoms in total. The van der Waals surface area contributed by atoms with Gasteiger partial charge in [-0.3, -0.25) is 0 Å². The van der Waals surface area contributed by atoms with E-state index in [1.807, 2.05) is 32.0 Å². The average Bonchev–Trinajstić information content (AvgIpc) is 3.42. The minimum Gasteiger partial charge on any atom is -0.446 e. The molecule has 0 unspecified atom stereocenters. The van der Waals surface area contributed by atoms with Gasteiger partial charge in [0.2, 0.25) is 5.95 Å². The number of nitrogens with one attached hydrogen (secondary N) is 1. The fourth-order valence-electron chi connectivity index (χ4n) is 4.21. The van der Waals surface area contributed by atoms with E-state index in [4.69, 9.17) is 14.4 Å². The Balaban J connectivity index is 0.00000216. The predicted octanol–water partition coefficient (Wildman–Crippen LogP) is 6.12. The lowest BCUT2D eigenvalue weighted by molar-refractivity contribution is 0.506. The van der Waals surface area contributed by atoms with Gasteiger partial charge in [0.15, 0.2) is 5.88 Å². The summed E-state index contributed by atoms with van der Waals surface area (Å²) in [6.45, 7) is 9.98. The van der Waals surface area contributed by atoms with Crippen LogP contribution in [0.3, 0.4) is 0 Å². The topological polar surface area (TPSA) is 81.2 Å². The molecule has 1 N–H and O–H groups in total. The van der Waals surface area contributed by atoms with E-state index in [0.717, 1.165) is 66.8 Å². The second-order valence-corrected chi connectivity index (χ2v) is 8.88. The number of nitriles is 1. The van der Waals surface area contributed by atoms with Crippen LogP contribution in [0.5, 0.6) is 0 Å². The summed E-state index contributed by atoms with van der Waals surface area (Å²) in [4.78, 5) is 14.1. The number of hydrogen-bond acceptors (Lipinski definition) is 7. The molecular formula is C26H34Cl2N6O. The van der Waals surface area contributed by atoms with Crippen molar-refractivity contribution in [2.24, 2.45) is 0 Å². The van der Waals surface area contributed by atoms with Crippen molar-refractivity contribution >= 4 is 48.2 Å². The first kappa shape index (κ1) is 28.3. The summed E-state index contributed by atoms with van der Waals surface area (Å²) in [6.07, 6.45) is 2.94. The van der Waals surface area contributed by atoms with E-state index in [1.54, 1.807) is 0 Å². The van der Waals surface area contributed by atoms with Crippen molar-refractivity contribution in [2.45, 2.75) is 53.0 Å². The lowest BCUT2D eigenvalue weighted by Crippen LogP contribution is -2.34. The number of aromatic nitrogens is 2. The summed E-state index contributed by atoms with van der Waals surface area (Å²) in [5.41, 5.74) is 4.63. The highest BCUT2D eigenvalue weighted by Crippen LogP contribution is 2.29. The highest BCUT2D eigenvalue weighted by Gasteiger charge is 2.29. The van der Waals surface area contributed by atoms with Crippen LogP contribution in [0, 0.1) is 32.1 Å². The Hall–Kier alpha value is -2.95. The quantitative estimate of drug-likeness (QED) is 0.404. The van der Waals surface area contributed by atoms with Crippen molar-refractivity contribution in [2.75, 3.05) is 35.3 Å². The molecule has 1 saturated heterocycles. The van der Waals surface area contributed by atoms with Crippen molar-refractivity contribution in [1.29, 1.82) is 5.26 Å². The normalized spacial score (nSPS) is 14.6. The molecule has 0 saturated carbocycles. The van der Waals surface area contributed by atoms with E-state index in [-0.39, 0.29) is 24.8 Å². The Bertz CT molecular complexity index is 1170. The van der Waals surface area contributed by atoms with Gasteiger partial charge in [0.05, 0.1) is 17.7 Å². The number of aryl methyl sites for hydroxylation is 4. The first-order chi connectivity index (χ1) is 15.9. The first-order valence-electron chi connectivity index (χ1n) is 11.6. The lowest BCUT2D eigenvalue weighted by atomic mass is 10.1. The van der Waals surface area contributed by atoms with Gasteiger partial charge in [-0.05, 0) is 56.9 Å². The van der Waals surface area contributed by atoms with Crippen LogP contribution in [0.15, 0.2) is 34.7 Å². The number of furan rings is 1. The third kappa shape index (κ3) is 6.39. The maximum Gasteiger partial charge on any atom is 0.229 e. The fourth-order valence-corrected chi connectivity index (χ4v) is 4.21. The summed E-state index contributed by atoms with van der Waals surface area (Å²) in [6, 6.07) is 12.6. The van der Waals surface area contributed by atoms with Crippen molar-refractivity contribution in [3.63, 3.8) is 0 Å². The molecule has 0 aliphatic carbocycles. The number of rotatable bonds is 7. The van der Waals surface area contributed by atoms with Gasteiger partial charge in [-0.25, -0.2) is 4.98 Å². The molecule has 188 valence electrons. The van der Waals surface area contributed by atoms with Crippen LogP contribution in [0.1, 0.15) is 47.9 Å². The number of anilines is 4. The molecule has 0 radical (unpaired) electrons. The molecule has 3 aromatic rings. The molecule has 4 rings (SSSR count). The zero-order valence-corrected chi connectivity index (χ0v) is 22.6. The smallest absolute Gasteiger partial charge is 0.229 e. The Labute approximate surface area is 220 Å². The van der Waals surface area contributed by atoms with Gasteiger partial charge < -0.3 is 19.5 Å². The molecule has 2 aromatic heterocycles. The summed E-state index contributed by atoms with van der Waals surface area (Å²) in [7, 11) is 2.10. The summed E-state index contributed by atoms with van der Waals surface area (Å²) in [5.74, 6) is 3.39. The van der Waals surface area contributed by atoms with E-state index in [9.17, 15) is 5.26 Å². The predicted molar refractivity (Wildman–Crippen MR) is 147 cm³/mol. The molecule has 1 aliphatic rings. The maximum absolute atomic E-state index is 9.35. The van der Waals surface area contributed by atoms with Crippen LogP contribution in [0.25, 0.3) is 0 Å². The van der Waals surface area contributed by atoms with Crippen LogP contribution >= 0.6 is 24.8 Å². The van der Waals surface area contributed by atoms with E-state index in [0.29, 0.717) is 17.6 Å². The highest BCUT2D eigenvalue weighted by molar-refractivity contribution is 5.85. The van der Waals surface area contributed by atoms with E-state index >= 15 is 0 Å². The molecule has 35 heavy (non-hydrogen) atoms. The Kier molecular flexibility index (Phi) is 9.82. The van der Waals surface area contributed by atoms with Gasteiger partial charge in [-0.1, -0.05) is 19.4 Å². The molecule has 0 bridgehead atoms. The number of nitrogens with zero attached hydrogens (tertiary/aromatic N) is 5. The standard InChI is InChI=1S/C26H32N6O.2ClH/c1-6-7-21-14-24(30-26(28-21)29-22-9-8-17(2)20(13-22)15-27)32-11-10-23(16-32)31(5)25-12-18(3)19(4)33-25;;/h8-9,12-14,23H,6-7,10-11,16H2,1-5H3,(H,28,29,30);2*1H/t23-;;/m0../s1. The molecule has 1 fully saturated rings. The Morgan fingerprint density at radius 2 is 1.91 bits per heavy atom. The molecule has 1 atom stereocenters. The highest BCUT2D eigenvalue weighted by atomic mass is 35.5. The molecule has 3 heterocycles. The second kappa shape index (κ2) is 12.1. The number of hydrogen-bond donors (Lipinski definition) is 1. The number of halogens is 2. The zero-order chi connectivity index (χ0) is 23.5. The third-order valence-corrected chi connectivity index (χ3v) is 6.42. The first-order valence-corrected chi connectivity index (χ1v) is 11.6. The van der Waals surface area contributed by atoms with Crippen molar-refractivity contribution < 1.29 is 4.42 Å². The lowest BCUT2D eigenvalue weighted by Gasteiger charge is -2.25. The minimum atomic E-state index is 0. The zero-order valence-electron chi connectivity index (χ0n) is 21.0. The van der Waals surface area contributed by atoms with Crippen molar-refractivity contribution in [3.8, 4) is 6.07 Å². The SMILES string of the molecule is CCCc1cc(N2CC[C@H](N(C)c3cc(C)c(C)o3)C2)nc(Nc2ccc(C)c(C#N)c2)n1.Cl.Cl. The third-order valence-electron chi connectivity index (χ3n) is 6.42. The van der Waals surface area contributed by atoms with Gasteiger partial charge in [0.1, 0.15) is 11.6 Å². The van der Waals surface area contributed by atoms with Crippen molar-refractivity contribution in [1.82, 2.24) is 9.97 Å². The Morgan fingerprint density at radius 3 is 2.57 bits per heavy atom. The monoisotopic (exact) mass is 516 g/mol. The molecule has 9 heteroatoms. The van der Waals surface area contributed by atoms with Gasteiger partial charge >= 0.3 is 0 Å². The molecule has 0 amide bonds. The second-order valence-electron chi connectivity index (χ2n) is 8.88. The molecular weight excluding hydrogens is 483 g/mol. The van der Waals surface area contributed by atoms with Gasteiger partial charge in [-0.15, -0.1) is 24.8 Å². The van der Waals surface area contributed by atoms with Crippen LogP contribution in [-0.4, -0.2) is 36.1 Å². The van der Waals surface area contributed by atoms with Crippen LogP contribution in [0.4, 0.5) is 23.3 Å². The van der Waals surface area contributed by atoms with Gasteiger partial charge in [0.25, 0.3) is 0 Å². The Morgan fingerprint density at radius 1 is 1.14 bits per heavy atom. The van der Waals surface area contributed by atoms with Crippen LogP contribution in [-0.2, 0) is 6.42 Å². The van der Waals surface area contributed by atoms with E-state index < -0.39 is 0 Å². The summed E-state index contributed by atoms with van der Waals surface area (Å²) < 4.78 is 5.94. The summed E-state index contributed by atoms with van der Waals surface area (Å²) in [5, 5.41) is 12.7. The van der Waals surface area contributed by atoms with Gasteiger partial charge in [-0.2, -0.15) is 10.2 Å². The fraction of sp³-hybridized carbons (Fsp3) is 0.423. The van der Waals surface area contributed by atoms with Crippen LogP contribution in [0.2, 0.25) is 0 Å².